The molecule has 0 aromatic heterocycles. The molecule has 1 aliphatic heterocycles. The van der Waals surface area contributed by atoms with Gasteiger partial charge in [0.15, 0.2) is 0 Å². The molecule has 0 bridgehead atoms. The van der Waals surface area contributed by atoms with Gasteiger partial charge in [0.05, 0.1) is 8.07 Å². The van der Waals surface area contributed by atoms with Gasteiger partial charge >= 0.3 is 6.16 Å². The van der Waals surface area contributed by atoms with Crippen LogP contribution in [-0.4, -0.2) is 26.9 Å². The zero-order valence-corrected chi connectivity index (χ0v) is 11.2. The van der Waals surface area contributed by atoms with E-state index in [1.54, 1.807) is 0 Å². The second kappa shape index (κ2) is 6.44. The van der Waals surface area contributed by atoms with E-state index in [1.807, 2.05) is 18.2 Å². The molecule has 0 aromatic rings. The maximum Gasteiger partial charge on any atom is 0.508 e. The van der Waals surface area contributed by atoms with E-state index in [4.69, 9.17) is 9.47 Å². The second-order valence-corrected chi connectivity index (χ2v) is 9.12. The summed E-state index contributed by atoms with van der Waals surface area (Å²) in [6.07, 6.45) is 5.22. The number of allylic oxidation sites excluding steroid dienone is 3. The minimum Gasteiger partial charge on any atom is -0.430 e. The van der Waals surface area contributed by atoms with Crippen LogP contribution in [0, 0.1) is 0 Å². The van der Waals surface area contributed by atoms with Gasteiger partial charge in [-0.05, 0) is 24.2 Å². The Hall–Kier alpha value is -1.29. The van der Waals surface area contributed by atoms with Crippen molar-refractivity contribution < 1.29 is 14.3 Å². The van der Waals surface area contributed by atoms with E-state index in [-0.39, 0.29) is 6.10 Å². The van der Waals surface area contributed by atoms with Crippen molar-refractivity contribution in [1.29, 1.82) is 0 Å². The van der Waals surface area contributed by atoms with Crippen molar-refractivity contribution >= 4 is 14.2 Å². The number of rotatable bonds is 8. The van der Waals surface area contributed by atoms with Crippen LogP contribution in [0.3, 0.4) is 0 Å². The van der Waals surface area contributed by atoms with Crippen molar-refractivity contribution in [3.63, 3.8) is 0 Å². The molecule has 1 unspecified atom stereocenters. The van der Waals surface area contributed by atoms with Crippen LogP contribution in [-0.2, 0) is 9.47 Å². The SMILES string of the molecule is C=CC[Si](CC=C)(CC=C)CC1COC(=O)O1. The fourth-order valence-corrected chi connectivity index (χ4v) is 6.37. The summed E-state index contributed by atoms with van der Waals surface area (Å²) in [4.78, 5) is 10.9. The second-order valence-electron chi connectivity index (χ2n) is 4.48. The number of hydrogen-bond donors (Lipinski definition) is 0. The van der Waals surface area contributed by atoms with Gasteiger partial charge in [0.25, 0.3) is 0 Å². The minimum absolute atomic E-state index is 0.103. The topological polar surface area (TPSA) is 35.5 Å². The molecule has 1 fully saturated rings. The molecule has 0 aromatic carbocycles. The first kappa shape index (κ1) is 13.8. The number of ether oxygens (including phenoxy) is 2. The Balaban J connectivity index is 2.71. The highest BCUT2D eigenvalue weighted by molar-refractivity contribution is 6.81. The molecule has 0 amide bonds. The molecule has 1 saturated heterocycles. The summed E-state index contributed by atoms with van der Waals surface area (Å²) >= 11 is 0. The van der Waals surface area contributed by atoms with Crippen molar-refractivity contribution in [2.24, 2.45) is 0 Å². The van der Waals surface area contributed by atoms with Crippen molar-refractivity contribution in [2.45, 2.75) is 30.3 Å². The van der Waals surface area contributed by atoms with E-state index in [0.29, 0.717) is 6.61 Å². The highest BCUT2D eigenvalue weighted by Crippen LogP contribution is 2.31. The van der Waals surface area contributed by atoms with Crippen molar-refractivity contribution in [1.82, 2.24) is 0 Å². The molecule has 3 nitrogen and oxygen atoms in total. The monoisotopic (exact) mass is 252 g/mol. The molecular formula is C13H20O3Si. The number of carbonyl (C=O) groups excluding carboxylic acids is 1. The van der Waals surface area contributed by atoms with Gasteiger partial charge in [0, 0.05) is 0 Å². The van der Waals surface area contributed by atoms with Crippen LogP contribution in [0.1, 0.15) is 0 Å². The summed E-state index contributed by atoms with van der Waals surface area (Å²) in [5, 5.41) is 0. The Morgan fingerprint density at radius 1 is 1.18 bits per heavy atom. The number of cyclic esters (lactones) is 2. The Labute approximate surface area is 104 Å². The molecular weight excluding hydrogens is 232 g/mol. The normalized spacial score (nSPS) is 19.3. The predicted octanol–water partition coefficient (Wildman–Crippen LogP) is 3.53. The lowest BCUT2D eigenvalue weighted by atomic mass is 10.4. The fourth-order valence-electron chi connectivity index (χ4n) is 2.37. The molecule has 17 heavy (non-hydrogen) atoms. The molecule has 1 heterocycles. The van der Waals surface area contributed by atoms with Crippen LogP contribution in [0.25, 0.3) is 0 Å². The van der Waals surface area contributed by atoms with Gasteiger partial charge < -0.3 is 9.47 Å². The van der Waals surface area contributed by atoms with Crippen LogP contribution in [0.5, 0.6) is 0 Å². The highest BCUT2D eigenvalue weighted by atomic mass is 28.3. The Morgan fingerprint density at radius 3 is 2.06 bits per heavy atom. The Bertz CT molecular complexity index is 285. The summed E-state index contributed by atoms with van der Waals surface area (Å²) in [5.41, 5.74) is 0. The lowest BCUT2D eigenvalue weighted by Crippen LogP contribution is -2.37. The molecule has 1 rings (SSSR count). The van der Waals surface area contributed by atoms with Crippen molar-refractivity contribution in [3.05, 3.63) is 38.0 Å². The van der Waals surface area contributed by atoms with Crippen molar-refractivity contribution in [3.8, 4) is 0 Å². The van der Waals surface area contributed by atoms with E-state index >= 15 is 0 Å². The number of hydrogen-bond acceptors (Lipinski definition) is 3. The summed E-state index contributed by atoms with van der Waals surface area (Å²) in [5.74, 6) is 0. The third kappa shape index (κ3) is 3.89. The van der Waals surface area contributed by atoms with Crippen molar-refractivity contribution in [2.75, 3.05) is 6.61 Å². The van der Waals surface area contributed by atoms with Crippen LogP contribution in [0.2, 0.25) is 24.2 Å². The van der Waals surface area contributed by atoms with Crippen LogP contribution < -0.4 is 0 Å². The predicted molar refractivity (Wildman–Crippen MR) is 71.8 cm³/mol. The van der Waals surface area contributed by atoms with Gasteiger partial charge in [0.1, 0.15) is 12.7 Å². The van der Waals surface area contributed by atoms with Gasteiger partial charge in [-0.25, -0.2) is 4.79 Å². The fraction of sp³-hybridized carbons (Fsp3) is 0.462. The summed E-state index contributed by atoms with van der Waals surface area (Å²) in [6.45, 7) is 11.9. The molecule has 0 radical (unpaired) electrons. The maximum atomic E-state index is 10.9. The standard InChI is InChI=1S/C13H20O3Si/c1-4-7-17(8-5-2,9-6-3)11-12-10-15-13(14)16-12/h4-6,12H,1-3,7-11H2. The van der Waals surface area contributed by atoms with Gasteiger partial charge in [-0.15, -0.1) is 19.7 Å². The summed E-state index contributed by atoms with van der Waals surface area (Å²) < 4.78 is 9.96. The molecule has 0 saturated carbocycles. The van der Waals surface area contributed by atoms with E-state index in [1.165, 1.54) is 0 Å². The molecule has 4 heteroatoms. The first-order valence-electron chi connectivity index (χ1n) is 5.82. The zero-order chi connectivity index (χ0) is 12.7. The third-order valence-corrected chi connectivity index (χ3v) is 7.83. The first-order valence-corrected chi connectivity index (χ1v) is 8.65. The average Bonchev–Trinajstić information content (AvgIpc) is 2.65. The van der Waals surface area contributed by atoms with E-state index < -0.39 is 14.2 Å². The minimum atomic E-state index is -1.60. The Morgan fingerprint density at radius 2 is 1.71 bits per heavy atom. The molecule has 1 atom stereocenters. The lowest BCUT2D eigenvalue weighted by Gasteiger charge is -2.30. The summed E-state index contributed by atoms with van der Waals surface area (Å²) in [6, 6.07) is 3.85. The highest BCUT2D eigenvalue weighted by Gasteiger charge is 2.36. The van der Waals surface area contributed by atoms with Crippen LogP contribution in [0.4, 0.5) is 4.79 Å². The molecule has 0 spiro atoms. The summed E-state index contributed by atoms with van der Waals surface area (Å²) in [7, 11) is -1.60. The zero-order valence-electron chi connectivity index (χ0n) is 10.2. The van der Waals surface area contributed by atoms with E-state index in [0.717, 1.165) is 24.2 Å². The average molecular weight is 252 g/mol. The van der Waals surface area contributed by atoms with E-state index in [9.17, 15) is 4.79 Å². The van der Waals surface area contributed by atoms with Gasteiger partial charge in [-0.3, -0.25) is 0 Å². The number of carbonyl (C=O) groups is 1. The Kier molecular flexibility index (Phi) is 5.22. The molecule has 0 aliphatic carbocycles. The first-order chi connectivity index (χ1) is 8.15. The quantitative estimate of drug-likeness (QED) is 0.376. The molecule has 1 aliphatic rings. The smallest absolute Gasteiger partial charge is 0.430 e. The third-order valence-electron chi connectivity index (χ3n) is 3.04. The van der Waals surface area contributed by atoms with Gasteiger partial charge in [0.2, 0.25) is 0 Å². The van der Waals surface area contributed by atoms with Gasteiger partial charge in [-0.2, -0.15) is 0 Å². The van der Waals surface area contributed by atoms with Crippen LogP contribution in [0.15, 0.2) is 38.0 Å². The van der Waals surface area contributed by atoms with Crippen LogP contribution >= 0.6 is 0 Å². The maximum absolute atomic E-state index is 10.9. The lowest BCUT2D eigenvalue weighted by molar-refractivity contribution is 0.121. The van der Waals surface area contributed by atoms with Gasteiger partial charge in [-0.1, -0.05) is 18.2 Å². The van der Waals surface area contributed by atoms with E-state index in [2.05, 4.69) is 19.7 Å². The largest absolute Gasteiger partial charge is 0.508 e. The molecule has 94 valence electrons. The molecule has 0 N–H and O–H groups in total.